The Labute approximate surface area is 91.6 Å². The van der Waals surface area contributed by atoms with Crippen molar-refractivity contribution in [3.8, 4) is 0 Å². The smallest absolute Gasteiger partial charge is 0.317 e. The van der Waals surface area contributed by atoms with E-state index < -0.39 is 0 Å². The minimum atomic E-state index is -0.161. The quantitative estimate of drug-likeness (QED) is 0.745. The Morgan fingerprint density at radius 3 is 2.27 bits per heavy atom. The molecule has 88 valence electrons. The number of aliphatic hydroxyl groups excluding tert-OH is 1. The zero-order valence-corrected chi connectivity index (χ0v) is 9.70. The molecule has 2 N–H and O–H groups in total. The summed E-state index contributed by atoms with van der Waals surface area (Å²) < 4.78 is 0. The molecule has 1 aliphatic rings. The number of nitrogens with zero attached hydrogens (tertiary/aromatic N) is 1. The van der Waals surface area contributed by atoms with Gasteiger partial charge in [-0.2, -0.15) is 0 Å². The minimum Gasteiger partial charge on any atom is -0.393 e. The molecule has 0 aromatic heterocycles. The normalized spacial score (nSPS) is 26.1. The molecule has 0 saturated heterocycles. The lowest BCUT2D eigenvalue weighted by Gasteiger charge is -2.28. The van der Waals surface area contributed by atoms with Gasteiger partial charge in [0, 0.05) is 19.1 Å². The molecule has 0 radical (unpaired) electrons. The van der Waals surface area contributed by atoms with Crippen molar-refractivity contribution in [2.24, 2.45) is 0 Å². The number of carbonyl (C=O) groups is 1. The van der Waals surface area contributed by atoms with Crippen molar-refractivity contribution < 1.29 is 9.90 Å². The Morgan fingerprint density at radius 1 is 1.27 bits per heavy atom. The van der Waals surface area contributed by atoms with Gasteiger partial charge in [-0.05, 0) is 39.5 Å². The van der Waals surface area contributed by atoms with Gasteiger partial charge >= 0.3 is 6.03 Å². The number of aliphatic hydroxyl groups is 1. The monoisotopic (exact) mass is 214 g/mol. The topological polar surface area (TPSA) is 52.6 Å². The van der Waals surface area contributed by atoms with Crippen molar-refractivity contribution in [1.29, 1.82) is 0 Å². The average molecular weight is 214 g/mol. The molecule has 1 fully saturated rings. The van der Waals surface area contributed by atoms with Crippen molar-refractivity contribution >= 4 is 6.03 Å². The molecule has 0 aromatic rings. The first-order valence-electron chi connectivity index (χ1n) is 5.90. The van der Waals surface area contributed by atoms with Crippen LogP contribution in [0, 0.1) is 0 Å². The largest absolute Gasteiger partial charge is 0.393 e. The van der Waals surface area contributed by atoms with Crippen LogP contribution in [0.5, 0.6) is 0 Å². The number of nitrogens with one attached hydrogen (secondary N) is 1. The third-order valence-corrected chi connectivity index (χ3v) is 3.07. The standard InChI is InChI=1S/C11H22N2O2/c1-3-13(4-2)11(15)12-9-5-7-10(14)8-6-9/h9-10,14H,3-8H2,1-2H3,(H,12,15). The number of rotatable bonds is 3. The van der Waals surface area contributed by atoms with Crippen molar-refractivity contribution in [3.63, 3.8) is 0 Å². The highest BCUT2D eigenvalue weighted by Gasteiger charge is 2.21. The molecule has 0 spiro atoms. The predicted octanol–water partition coefficient (Wildman–Crippen LogP) is 1.34. The maximum atomic E-state index is 11.7. The Morgan fingerprint density at radius 2 is 1.80 bits per heavy atom. The molecule has 4 heteroatoms. The third kappa shape index (κ3) is 3.70. The summed E-state index contributed by atoms with van der Waals surface area (Å²) in [6.07, 6.45) is 3.25. The molecular formula is C11H22N2O2. The summed E-state index contributed by atoms with van der Waals surface area (Å²) in [7, 11) is 0. The van der Waals surface area contributed by atoms with Crippen molar-refractivity contribution in [1.82, 2.24) is 10.2 Å². The van der Waals surface area contributed by atoms with E-state index in [0.29, 0.717) is 0 Å². The molecule has 0 aromatic carbocycles. The van der Waals surface area contributed by atoms with Gasteiger partial charge in [-0.3, -0.25) is 0 Å². The van der Waals surface area contributed by atoms with Crippen molar-refractivity contribution in [2.45, 2.75) is 51.7 Å². The van der Waals surface area contributed by atoms with Gasteiger partial charge in [-0.15, -0.1) is 0 Å². The van der Waals surface area contributed by atoms with Gasteiger partial charge in [0.1, 0.15) is 0 Å². The molecule has 0 aliphatic heterocycles. The van der Waals surface area contributed by atoms with E-state index in [9.17, 15) is 9.90 Å². The SMILES string of the molecule is CCN(CC)C(=O)NC1CCC(O)CC1. The van der Waals surface area contributed by atoms with E-state index in [1.807, 2.05) is 13.8 Å². The average Bonchev–Trinajstić information content (AvgIpc) is 2.23. The summed E-state index contributed by atoms with van der Waals surface area (Å²) in [4.78, 5) is 13.5. The molecule has 4 nitrogen and oxygen atoms in total. The molecular weight excluding hydrogens is 192 g/mol. The number of amides is 2. The summed E-state index contributed by atoms with van der Waals surface area (Å²) in [5, 5.41) is 12.4. The van der Waals surface area contributed by atoms with Crippen LogP contribution in [0.2, 0.25) is 0 Å². The fraction of sp³-hybridized carbons (Fsp3) is 0.909. The first-order chi connectivity index (χ1) is 7.17. The minimum absolute atomic E-state index is 0.0291. The molecule has 0 atom stereocenters. The first kappa shape index (κ1) is 12.3. The second-order valence-electron chi connectivity index (χ2n) is 4.13. The molecule has 1 rings (SSSR count). The van der Waals surface area contributed by atoms with E-state index in [1.54, 1.807) is 4.90 Å². The molecule has 15 heavy (non-hydrogen) atoms. The van der Waals surface area contributed by atoms with Gasteiger partial charge in [-0.25, -0.2) is 4.79 Å². The lowest BCUT2D eigenvalue weighted by molar-refractivity contribution is 0.115. The highest BCUT2D eigenvalue weighted by molar-refractivity contribution is 5.74. The van der Waals surface area contributed by atoms with Crippen molar-refractivity contribution in [2.75, 3.05) is 13.1 Å². The van der Waals surface area contributed by atoms with E-state index in [-0.39, 0.29) is 18.2 Å². The van der Waals surface area contributed by atoms with E-state index in [0.717, 1.165) is 38.8 Å². The third-order valence-electron chi connectivity index (χ3n) is 3.07. The number of carbonyl (C=O) groups excluding carboxylic acids is 1. The molecule has 0 unspecified atom stereocenters. The zero-order chi connectivity index (χ0) is 11.3. The molecule has 0 heterocycles. The Hall–Kier alpha value is -0.770. The number of hydrogen-bond donors (Lipinski definition) is 2. The highest BCUT2D eigenvalue weighted by atomic mass is 16.3. The molecule has 0 bridgehead atoms. The number of hydrogen-bond acceptors (Lipinski definition) is 2. The van der Waals surface area contributed by atoms with E-state index in [1.165, 1.54) is 0 Å². The molecule has 1 aliphatic carbocycles. The Bertz CT molecular complexity index is 197. The van der Waals surface area contributed by atoms with Crippen LogP contribution < -0.4 is 5.32 Å². The van der Waals surface area contributed by atoms with E-state index in [4.69, 9.17) is 0 Å². The van der Waals surface area contributed by atoms with Gasteiger partial charge in [0.05, 0.1) is 6.10 Å². The molecule has 2 amide bonds. The predicted molar refractivity (Wildman–Crippen MR) is 59.7 cm³/mol. The van der Waals surface area contributed by atoms with Gasteiger partial charge < -0.3 is 15.3 Å². The van der Waals surface area contributed by atoms with Gasteiger partial charge in [0.2, 0.25) is 0 Å². The van der Waals surface area contributed by atoms with Crippen LogP contribution >= 0.6 is 0 Å². The highest BCUT2D eigenvalue weighted by Crippen LogP contribution is 2.18. The Balaban J connectivity index is 2.31. The van der Waals surface area contributed by atoms with Gasteiger partial charge in [-0.1, -0.05) is 0 Å². The van der Waals surface area contributed by atoms with Crippen LogP contribution in [-0.4, -0.2) is 41.3 Å². The maximum Gasteiger partial charge on any atom is 0.317 e. The van der Waals surface area contributed by atoms with E-state index >= 15 is 0 Å². The second-order valence-corrected chi connectivity index (χ2v) is 4.13. The summed E-state index contributed by atoms with van der Waals surface area (Å²) in [5.74, 6) is 0. The maximum absolute atomic E-state index is 11.7. The zero-order valence-electron chi connectivity index (χ0n) is 9.70. The van der Waals surface area contributed by atoms with Crippen LogP contribution in [0.25, 0.3) is 0 Å². The van der Waals surface area contributed by atoms with Crippen molar-refractivity contribution in [3.05, 3.63) is 0 Å². The summed E-state index contributed by atoms with van der Waals surface area (Å²) in [5.41, 5.74) is 0. The van der Waals surface area contributed by atoms with Gasteiger partial charge in [0.15, 0.2) is 0 Å². The fourth-order valence-corrected chi connectivity index (χ4v) is 2.00. The van der Waals surface area contributed by atoms with Crippen LogP contribution in [0.1, 0.15) is 39.5 Å². The molecule has 1 saturated carbocycles. The van der Waals surface area contributed by atoms with Crippen LogP contribution in [0.3, 0.4) is 0 Å². The van der Waals surface area contributed by atoms with E-state index in [2.05, 4.69) is 5.32 Å². The lowest BCUT2D eigenvalue weighted by atomic mass is 9.93. The summed E-state index contributed by atoms with van der Waals surface area (Å²) >= 11 is 0. The second kappa shape index (κ2) is 5.95. The van der Waals surface area contributed by atoms with Crippen LogP contribution in [-0.2, 0) is 0 Å². The fourth-order valence-electron chi connectivity index (χ4n) is 2.00. The number of urea groups is 1. The van der Waals surface area contributed by atoms with Crippen LogP contribution in [0.15, 0.2) is 0 Å². The Kier molecular flexibility index (Phi) is 4.88. The first-order valence-corrected chi connectivity index (χ1v) is 5.90. The lowest BCUT2D eigenvalue weighted by Crippen LogP contribution is -2.46. The van der Waals surface area contributed by atoms with Crippen LogP contribution in [0.4, 0.5) is 4.79 Å². The van der Waals surface area contributed by atoms with Gasteiger partial charge in [0.25, 0.3) is 0 Å². The summed E-state index contributed by atoms with van der Waals surface area (Å²) in [6, 6.07) is 0.280. The summed E-state index contributed by atoms with van der Waals surface area (Å²) in [6.45, 7) is 5.46.